The standard InChI is InChI=1S/C21H23F3N6O3S/c1-11-12(2)29-30-19(11)27-18-4-6-25-20(28-18)26-15-8-14(21(22,23)24)9-16(10-15)34(31,32)17-5-7-33-13(17)3/h4,6,8-10,13,17H,5,7H2,1-3H3,(H3,25,26,27,28,29,30). The normalized spacial score (nSPS) is 18.8. The van der Waals surface area contributed by atoms with Gasteiger partial charge in [-0.15, -0.1) is 0 Å². The number of aryl methyl sites for hydroxylation is 1. The monoisotopic (exact) mass is 496 g/mol. The Balaban J connectivity index is 1.67. The summed E-state index contributed by atoms with van der Waals surface area (Å²) < 4.78 is 72.2. The molecule has 4 rings (SSSR count). The van der Waals surface area contributed by atoms with Crippen LogP contribution >= 0.6 is 0 Å². The Morgan fingerprint density at radius 2 is 1.94 bits per heavy atom. The Labute approximate surface area is 194 Å². The highest BCUT2D eigenvalue weighted by Gasteiger charge is 2.39. The maximum absolute atomic E-state index is 13.6. The van der Waals surface area contributed by atoms with Gasteiger partial charge in [-0.2, -0.15) is 23.3 Å². The van der Waals surface area contributed by atoms with E-state index in [1.807, 2.05) is 13.8 Å². The van der Waals surface area contributed by atoms with Gasteiger partial charge in [-0.25, -0.2) is 13.4 Å². The number of ether oxygens (including phenoxy) is 1. The van der Waals surface area contributed by atoms with E-state index in [-0.39, 0.29) is 24.7 Å². The molecule has 2 atom stereocenters. The number of nitrogens with zero attached hydrogens (tertiary/aromatic N) is 3. The molecule has 1 aliphatic heterocycles. The lowest BCUT2D eigenvalue weighted by Gasteiger charge is -2.18. The lowest BCUT2D eigenvalue weighted by Crippen LogP contribution is -2.28. The van der Waals surface area contributed by atoms with Crippen LogP contribution in [0.1, 0.15) is 30.2 Å². The van der Waals surface area contributed by atoms with Crippen molar-refractivity contribution in [2.75, 3.05) is 17.2 Å². The average molecular weight is 497 g/mol. The molecular formula is C21H23F3N6O3S. The lowest BCUT2D eigenvalue weighted by atomic mass is 10.2. The number of anilines is 4. The molecule has 2 aromatic heterocycles. The van der Waals surface area contributed by atoms with Crippen molar-refractivity contribution in [3.63, 3.8) is 0 Å². The zero-order chi connectivity index (χ0) is 24.7. The first-order chi connectivity index (χ1) is 15.9. The van der Waals surface area contributed by atoms with E-state index in [9.17, 15) is 21.6 Å². The molecule has 3 aromatic rings. The molecule has 0 spiro atoms. The van der Waals surface area contributed by atoms with Gasteiger partial charge >= 0.3 is 6.18 Å². The third kappa shape index (κ3) is 4.85. The van der Waals surface area contributed by atoms with Crippen LogP contribution in [0.2, 0.25) is 0 Å². The van der Waals surface area contributed by atoms with Gasteiger partial charge in [-0.1, -0.05) is 0 Å². The van der Waals surface area contributed by atoms with E-state index >= 15 is 0 Å². The number of hydrogen-bond acceptors (Lipinski definition) is 8. The van der Waals surface area contributed by atoms with Crippen LogP contribution in [-0.2, 0) is 20.8 Å². The molecule has 3 heterocycles. The van der Waals surface area contributed by atoms with E-state index in [1.165, 1.54) is 6.20 Å². The number of benzene rings is 1. The molecule has 2 unspecified atom stereocenters. The zero-order valence-electron chi connectivity index (χ0n) is 18.6. The Bertz CT molecular complexity index is 1310. The topological polar surface area (TPSA) is 122 Å². The molecule has 9 nitrogen and oxygen atoms in total. The Morgan fingerprint density at radius 3 is 2.56 bits per heavy atom. The van der Waals surface area contributed by atoms with Crippen LogP contribution in [0.15, 0.2) is 35.4 Å². The first kappa shape index (κ1) is 24.0. The van der Waals surface area contributed by atoms with Crippen LogP contribution in [0.4, 0.5) is 36.4 Å². The van der Waals surface area contributed by atoms with Crippen LogP contribution < -0.4 is 10.6 Å². The minimum atomic E-state index is -4.75. The first-order valence-electron chi connectivity index (χ1n) is 10.4. The fourth-order valence-electron chi connectivity index (χ4n) is 3.64. The smallest absolute Gasteiger partial charge is 0.377 e. The minimum Gasteiger partial charge on any atom is -0.377 e. The summed E-state index contributed by atoms with van der Waals surface area (Å²) in [7, 11) is -4.07. The first-order valence-corrected chi connectivity index (χ1v) is 12.0. The van der Waals surface area contributed by atoms with Crippen LogP contribution in [0, 0.1) is 13.8 Å². The summed E-state index contributed by atoms with van der Waals surface area (Å²) in [6.45, 7) is 5.55. The van der Waals surface area contributed by atoms with E-state index < -0.39 is 37.8 Å². The van der Waals surface area contributed by atoms with Crippen LogP contribution in [0.5, 0.6) is 0 Å². The molecule has 1 aromatic carbocycles. The highest BCUT2D eigenvalue weighted by Crippen LogP contribution is 2.36. The van der Waals surface area contributed by atoms with Gasteiger partial charge in [0.1, 0.15) is 5.82 Å². The third-order valence-electron chi connectivity index (χ3n) is 5.68. The van der Waals surface area contributed by atoms with Crippen molar-refractivity contribution < 1.29 is 26.3 Å². The van der Waals surface area contributed by atoms with Gasteiger partial charge in [0, 0.05) is 29.7 Å². The predicted molar refractivity (Wildman–Crippen MR) is 119 cm³/mol. The molecule has 34 heavy (non-hydrogen) atoms. The number of H-pyrrole nitrogens is 1. The Hall–Kier alpha value is -3.19. The second-order valence-electron chi connectivity index (χ2n) is 8.03. The summed E-state index contributed by atoms with van der Waals surface area (Å²) in [5, 5.41) is 11.7. The predicted octanol–water partition coefficient (Wildman–Crippen LogP) is 4.27. The SMILES string of the molecule is Cc1[nH]nc(Nc2ccnc(Nc3cc(C(F)(F)F)cc(S(=O)(=O)C4CCOC4C)c3)n2)c1C. The number of nitrogens with one attached hydrogen (secondary N) is 3. The molecule has 1 aliphatic rings. The Morgan fingerprint density at radius 1 is 1.18 bits per heavy atom. The largest absolute Gasteiger partial charge is 0.416 e. The van der Waals surface area contributed by atoms with Gasteiger partial charge in [-0.3, -0.25) is 5.10 Å². The molecule has 0 aliphatic carbocycles. The third-order valence-corrected chi connectivity index (χ3v) is 7.99. The summed E-state index contributed by atoms with van der Waals surface area (Å²) in [6.07, 6.45) is -3.74. The molecule has 3 N–H and O–H groups in total. The molecule has 0 bridgehead atoms. The lowest BCUT2D eigenvalue weighted by molar-refractivity contribution is -0.137. The van der Waals surface area contributed by atoms with Crippen molar-refractivity contribution in [2.45, 2.75) is 49.6 Å². The van der Waals surface area contributed by atoms with Crippen molar-refractivity contribution in [1.82, 2.24) is 20.2 Å². The molecule has 13 heteroatoms. The Kier molecular flexibility index (Phi) is 6.25. The zero-order valence-corrected chi connectivity index (χ0v) is 19.4. The molecule has 1 fully saturated rings. The van der Waals surface area contributed by atoms with Gasteiger partial charge < -0.3 is 15.4 Å². The number of rotatable bonds is 6. The van der Waals surface area contributed by atoms with E-state index in [1.54, 1.807) is 13.0 Å². The summed E-state index contributed by atoms with van der Waals surface area (Å²) in [4.78, 5) is 7.84. The van der Waals surface area contributed by atoms with Gasteiger partial charge in [-0.05, 0) is 51.5 Å². The van der Waals surface area contributed by atoms with Gasteiger partial charge in [0.05, 0.1) is 21.8 Å². The van der Waals surface area contributed by atoms with E-state index in [2.05, 4.69) is 30.8 Å². The van der Waals surface area contributed by atoms with Gasteiger partial charge in [0.15, 0.2) is 15.7 Å². The molecule has 1 saturated heterocycles. The minimum absolute atomic E-state index is 0.0184. The van der Waals surface area contributed by atoms with Crippen molar-refractivity contribution in [3.05, 3.63) is 47.3 Å². The summed E-state index contributed by atoms with van der Waals surface area (Å²) >= 11 is 0. The number of aromatic nitrogens is 4. The number of halogens is 3. The highest BCUT2D eigenvalue weighted by molar-refractivity contribution is 7.92. The van der Waals surface area contributed by atoms with E-state index in [0.29, 0.717) is 17.7 Å². The van der Waals surface area contributed by atoms with Gasteiger partial charge in [0.2, 0.25) is 5.95 Å². The number of sulfone groups is 1. The number of aromatic amines is 1. The number of alkyl halides is 3. The quantitative estimate of drug-likeness (QED) is 0.463. The molecular weight excluding hydrogens is 473 g/mol. The summed E-state index contributed by atoms with van der Waals surface area (Å²) in [5.74, 6) is 0.876. The fourth-order valence-corrected chi connectivity index (χ4v) is 5.56. The fraction of sp³-hybridized carbons (Fsp3) is 0.381. The van der Waals surface area contributed by atoms with Gasteiger partial charge in [0.25, 0.3) is 0 Å². The average Bonchev–Trinajstić information content (AvgIpc) is 3.34. The second kappa shape index (κ2) is 8.87. The highest BCUT2D eigenvalue weighted by atomic mass is 32.2. The van der Waals surface area contributed by atoms with Crippen molar-refractivity contribution in [1.29, 1.82) is 0 Å². The van der Waals surface area contributed by atoms with Crippen molar-refractivity contribution >= 4 is 33.1 Å². The van der Waals surface area contributed by atoms with E-state index in [0.717, 1.165) is 23.4 Å². The second-order valence-corrected chi connectivity index (χ2v) is 10.2. The van der Waals surface area contributed by atoms with Crippen LogP contribution in [-0.4, -0.2) is 46.5 Å². The van der Waals surface area contributed by atoms with E-state index in [4.69, 9.17) is 4.74 Å². The number of hydrogen-bond donors (Lipinski definition) is 3. The maximum Gasteiger partial charge on any atom is 0.416 e. The molecule has 0 amide bonds. The molecule has 0 radical (unpaired) electrons. The van der Waals surface area contributed by atoms with Crippen LogP contribution in [0.3, 0.4) is 0 Å². The van der Waals surface area contributed by atoms with Crippen LogP contribution in [0.25, 0.3) is 0 Å². The summed E-state index contributed by atoms with van der Waals surface area (Å²) in [5.41, 5.74) is 0.545. The van der Waals surface area contributed by atoms with Crippen molar-refractivity contribution in [3.8, 4) is 0 Å². The maximum atomic E-state index is 13.6. The molecule has 0 saturated carbocycles. The van der Waals surface area contributed by atoms with Crippen molar-refractivity contribution in [2.24, 2.45) is 0 Å². The summed E-state index contributed by atoms with van der Waals surface area (Å²) in [6, 6.07) is 4.18. The molecule has 182 valence electrons.